The van der Waals surface area contributed by atoms with Crippen molar-refractivity contribution >= 4 is 17.7 Å². The van der Waals surface area contributed by atoms with Crippen molar-refractivity contribution < 1.29 is 9.90 Å². The second-order valence-electron chi connectivity index (χ2n) is 5.18. The normalized spacial score (nSPS) is 11.4. The van der Waals surface area contributed by atoms with Gasteiger partial charge in [0.05, 0.1) is 5.75 Å². The van der Waals surface area contributed by atoms with Crippen LogP contribution in [0.2, 0.25) is 0 Å². The molecule has 1 heterocycles. The molecule has 0 amide bonds. The molecule has 0 bridgehead atoms. The van der Waals surface area contributed by atoms with E-state index in [2.05, 4.69) is 42.5 Å². The average molecular weight is 271 g/mol. The van der Waals surface area contributed by atoms with Gasteiger partial charge in [0.15, 0.2) is 5.16 Å². The lowest BCUT2D eigenvalue weighted by Gasteiger charge is -2.13. The molecule has 0 atom stereocenters. The Labute approximate surface area is 112 Å². The molecule has 6 heteroatoms. The van der Waals surface area contributed by atoms with Crippen LogP contribution in [0.4, 0.5) is 0 Å². The predicted octanol–water partition coefficient (Wildman–Crippen LogP) is 2.31. The molecule has 18 heavy (non-hydrogen) atoms. The van der Waals surface area contributed by atoms with Gasteiger partial charge >= 0.3 is 5.97 Å². The van der Waals surface area contributed by atoms with E-state index >= 15 is 0 Å². The van der Waals surface area contributed by atoms with Crippen LogP contribution in [0.3, 0.4) is 0 Å². The molecule has 1 aromatic heterocycles. The van der Waals surface area contributed by atoms with Gasteiger partial charge in [0.2, 0.25) is 0 Å². The number of carboxylic acid groups (broad SMARTS) is 1. The van der Waals surface area contributed by atoms with Crippen LogP contribution < -0.4 is 0 Å². The first-order valence-corrected chi connectivity index (χ1v) is 7.15. The van der Waals surface area contributed by atoms with Gasteiger partial charge in [0.25, 0.3) is 0 Å². The number of carbonyl (C=O) groups is 1. The zero-order valence-electron chi connectivity index (χ0n) is 11.4. The number of aliphatic carboxylic acids is 1. The number of aromatic nitrogens is 3. The van der Waals surface area contributed by atoms with Crippen LogP contribution in [-0.2, 0) is 17.8 Å². The summed E-state index contributed by atoms with van der Waals surface area (Å²) in [7, 11) is 0. The summed E-state index contributed by atoms with van der Waals surface area (Å²) in [6, 6.07) is 0. The smallest absolute Gasteiger partial charge is 0.313 e. The molecule has 1 aromatic rings. The van der Waals surface area contributed by atoms with Crippen molar-refractivity contribution in [2.45, 2.75) is 45.8 Å². The number of hydrogen-bond donors (Lipinski definition) is 1. The van der Waals surface area contributed by atoms with Crippen LogP contribution >= 0.6 is 11.8 Å². The van der Waals surface area contributed by atoms with Gasteiger partial charge in [-0.25, -0.2) is 0 Å². The Bertz CT molecular complexity index is 402. The van der Waals surface area contributed by atoms with E-state index in [-0.39, 0.29) is 5.75 Å². The molecular weight excluding hydrogens is 250 g/mol. The maximum absolute atomic E-state index is 10.6. The third kappa shape index (κ3) is 4.68. The Kier molecular flexibility index (Phi) is 5.65. The quantitative estimate of drug-likeness (QED) is 0.771. The first-order valence-electron chi connectivity index (χ1n) is 6.16. The molecule has 0 unspecified atom stereocenters. The molecule has 5 nitrogen and oxygen atoms in total. The molecule has 0 aliphatic carbocycles. The molecule has 1 N–H and O–H groups in total. The summed E-state index contributed by atoms with van der Waals surface area (Å²) in [5.41, 5.74) is 0. The van der Waals surface area contributed by atoms with E-state index in [4.69, 9.17) is 5.11 Å². The fourth-order valence-electron chi connectivity index (χ4n) is 1.62. The van der Waals surface area contributed by atoms with Crippen LogP contribution in [-0.4, -0.2) is 31.6 Å². The Balaban J connectivity index is 2.87. The second kappa shape index (κ2) is 6.78. The topological polar surface area (TPSA) is 68.0 Å². The molecule has 0 fully saturated rings. The van der Waals surface area contributed by atoms with Gasteiger partial charge in [0.1, 0.15) is 5.82 Å². The largest absolute Gasteiger partial charge is 0.481 e. The summed E-state index contributed by atoms with van der Waals surface area (Å²) in [5, 5.41) is 17.7. The summed E-state index contributed by atoms with van der Waals surface area (Å²) in [5.74, 6) is 1.14. The molecule has 102 valence electrons. The first kappa shape index (κ1) is 15.0. The summed E-state index contributed by atoms with van der Waals surface area (Å²) < 4.78 is 2.05. The van der Waals surface area contributed by atoms with Crippen molar-refractivity contribution in [1.29, 1.82) is 0 Å². The van der Waals surface area contributed by atoms with Crippen molar-refractivity contribution in [2.75, 3.05) is 5.75 Å². The minimum atomic E-state index is -0.829. The zero-order valence-corrected chi connectivity index (χ0v) is 12.2. The Morgan fingerprint density at radius 2 is 1.94 bits per heavy atom. The van der Waals surface area contributed by atoms with Crippen molar-refractivity contribution in [3.05, 3.63) is 5.82 Å². The number of rotatable bonds is 7. The van der Waals surface area contributed by atoms with E-state index in [1.165, 1.54) is 11.8 Å². The van der Waals surface area contributed by atoms with Gasteiger partial charge in [-0.2, -0.15) is 0 Å². The lowest BCUT2D eigenvalue weighted by molar-refractivity contribution is -0.133. The number of hydrogen-bond acceptors (Lipinski definition) is 4. The van der Waals surface area contributed by atoms with E-state index in [9.17, 15) is 4.79 Å². The lowest BCUT2D eigenvalue weighted by atomic mass is 10.1. The molecular formula is C12H21N3O2S. The molecule has 0 aliphatic heterocycles. The van der Waals surface area contributed by atoms with Gasteiger partial charge in [-0.1, -0.05) is 39.5 Å². The maximum Gasteiger partial charge on any atom is 0.313 e. The fourth-order valence-corrected chi connectivity index (χ4v) is 2.30. The van der Waals surface area contributed by atoms with E-state index in [1.54, 1.807) is 0 Å². The Morgan fingerprint density at radius 3 is 2.44 bits per heavy atom. The molecule has 0 radical (unpaired) electrons. The minimum absolute atomic E-state index is 0.0257. The summed E-state index contributed by atoms with van der Waals surface area (Å²) >= 11 is 1.23. The highest BCUT2D eigenvalue weighted by atomic mass is 32.2. The van der Waals surface area contributed by atoms with E-state index in [0.29, 0.717) is 17.0 Å². The average Bonchev–Trinajstić information content (AvgIpc) is 2.57. The summed E-state index contributed by atoms with van der Waals surface area (Å²) in [6.07, 6.45) is 0.868. The van der Waals surface area contributed by atoms with E-state index < -0.39 is 5.97 Å². The first-order chi connectivity index (χ1) is 8.40. The third-order valence-corrected chi connectivity index (χ3v) is 3.21. The highest BCUT2D eigenvalue weighted by Gasteiger charge is 2.15. The van der Waals surface area contributed by atoms with Crippen molar-refractivity contribution in [1.82, 2.24) is 14.8 Å². The molecule has 1 rings (SSSR count). The van der Waals surface area contributed by atoms with Crippen LogP contribution in [0.5, 0.6) is 0 Å². The van der Waals surface area contributed by atoms with Gasteiger partial charge in [0, 0.05) is 13.0 Å². The highest BCUT2D eigenvalue weighted by molar-refractivity contribution is 7.99. The van der Waals surface area contributed by atoms with Gasteiger partial charge in [-0.15, -0.1) is 10.2 Å². The predicted molar refractivity (Wildman–Crippen MR) is 71.8 cm³/mol. The van der Waals surface area contributed by atoms with Crippen molar-refractivity contribution in [3.63, 3.8) is 0 Å². The number of carboxylic acids is 1. The Hall–Kier alpha value is -1.04. The molecule has 0 aliphatic rings. The molecule has 0 saturated carbocycles. The van der Waals surface area contributed by atoms with Crippen LogP contribution in [0.1, 0.15) is 33.5 Å². The number of thioether (sulfide) groups is 1. The van der Waals surface area contributed by atoms with E-state index in [0.717, 1.165) is 18.8 Å². The second-order valence-corrected chi connectivity index (χ2v) is 6.13. The van der Waals surface area contributed by atoms with Crippen molar-refractivity contribution in [3.8, 4) is 0 Å². The monoisotopic (exact) mass is 271 g/mol. The maximum atomic E-state index is 10.6. The molecule has 0 spiro atoms. The number of nitrogens with zero attached hydrogens (tertiary/aromatic N) is 3. The third-order valence-electron chi connectivity index (χ3n) is 2.26. The van der Waals surface area contributed by atoms with Gasteiger partial charge < -0.3 is 9.67 Å². The zero-order chi connectivity index (χ0) is 13.7. The van der Waals surface area contributed by atoms with Crippen LogP contribution in [0.25, 0.3) is 0 Å². The fraction of sp³-hybridized carbons (Fsp3) is 0.750. The van der Waals surface area contributed by atoms with E-state index in [1.807, 2.05) is 0 Å². The van der Waals surface area contributed by atoms with Gasteiger partial charge in [-0.3, -0.25) is 4.79 Å². The Morgan fingerprint density at radius 1 is 1.28 bits per heavy atom. The van der Waals surface area contributed by atoms with Crippen molar-refractivity contribution in [2.24, 2.45) is 11.8 Å². The van der Waals surface area contributed by atoms with Gasteiger partial charge in [-0.05, 0) is 11.8 Å². The van der Waals surface area contributed by atoms with Crippen LogP contribution in [0, 0.1) is 11.8 Å². The SMILES string of the molecule is CC(C)Cc1nnc(SCC(=O)O)n1CC(C)C. The standard InChI is InChI=1S/C12H21N3O2S/c1-8(2)5-10-13-14-12(18-7-11(16)17)15(10)6-9(3)4/h8-9H,5-7H2,1-4H3,(H,16,17). The molecule has 0 aromatic carbocycles. The minimum Gasteiger partial charge on any atom is -0.481 e. The lowest BCUT2D eigenvalue weighted by Crippen LogP contribution is -2.12. The van der Waals surface area contributed by atoms with Crippen LogP contribution in [0.15, 0.2) is 5.16 Å². The highest BCUT2D eigenvalue weighted by Crippen LogP contribution is 2.20. The molecule has 0 saturated heterocycles. The summed E-state index contributed by atoms with van der Waals surface area (Å²) in [6.45, 7) is 9.36. The summed E-state index contributed by atoms with van der Waals surface area (Å²) in [4.78, 5) is 10.6.